The van der Waals surface area contributed by atoms with Crippen LogP contribution in [-0.4, -0.2) is 190 Å². The largest absolute Gasteiger partial charge is 0.507 e. The summed E-state index contributed by atoms with van der Waals surface area (Å²) >= 11 is 0. The van der Waals surface area contributed by atoms with Crippen LogP contribution in [-0.2, 0) is 47.4 Å². The van der Waals surface area contributed by atoms with Gasteiger partial charge in [-0.15, -0.1) is 0 Å². The van der Waals surface area contributed by atoms with E-state index >= 15 is 0 Å². The zero-order chi connectivity index (χ0) is 53.2. The van der Waals surface area contributed by atoms with Crippen LogP contribution in [0, 0.1) is 0 Å². The molecule has 0 bridgehead atoms. The Hall–Kier alpha value is -3.42. The molecule has 0 radical (unpaired) electrons. The van der Waals surface area contributed by atoms with Gasteiger partial charge < -0.3 is 87.8 Å². The fraction of sp³-hybridized carbons (Fsp3) is 0.741. The van der Waals surface area contributed by atoms with E-state index in [2.05, 4.69) is 0 Å². The molecule has 0 amide bonds. The number of hydrogen-bond donors (Lipinski definition) is 6. The fourth-order valence-electron chi connectivity index (χ4n) is 12.3. The summed E-state index contributed by atoms with van der Waals surface area (Å²) in [6, 6.07) is 3.44. The van der Waals surface area contributed by atoms with Crippen molar-refractivity contribution in [2.24, 2.45) is 0 Å². The van der Waals surface area contributed by atoms with Gasteiger partial charge in [-0.2, -0.15) is 0 Å². The van der Waals surface area contributed by atoms with Crippen molar-refractivity contribution in [1.29, 1.82) is 0 Å². The molecular weight excluding hydrogens is 965 g/mol. The van der Waals surface area contributed by atoms with E-state index in [0.29, 0.717) is 38.5 Å². The summed E-state index contributed by atoms with van der Waals surface area (Å²) in [4.78, 5) is 32.9. The number of phenols is 3. The Morgan fingerprint density at radius 1 is 0.581 bits per heavy atom. The first kappa shape index (κ1) is 55.3. The molecule has 20 nitrogen and oxygen atoms in total. The van der Waals surface area contributed by atoms with Gasteiger partial charge in [0.25, 0.3) is 0 Å². The van der Waals surface area contributed by atoms with Crippen LogP contribution in [0.1, 0.15) is 161 Å². The SMILES string of the molecule is CC[C@@]1(O)C[C@H](O[C@H]2C[C@H](N(C)C)[C@H](O[C@H]3CC[C@H](O)[C@H](C)O3)[C@H](C)O2)c2c(O)c3c(c(O)c2[C@H]1O[C@H]1C[C@H](N(C)C)[C@H](O[C@H]2CC[C@H](O[C@H]4CC[C@H](O)[C@H](C)O4)[C@H](C)O2)[C@H](C)O1)C(=O)c1cccc(O)c1C3=O. The molecule has 5 aliphatic heterocycles. The molecule has 0 unspecified atom stereocenters. The van der Waals surface area contributed by atoms with Gasteiger partial charge in [0.15, 0.2) is 37.2 Å². The van der Waals surface area contributed by atoms with Gasteiger partial charge in [0.1, 0.15) is 35.6 Å². The molecular formula is C54H78N2O18. The Morgan fingerprint density at radius 2 is 1.07 bits per heavy atom. The number of rotatable bonds is 13. The first-order chi connectivity index (χ1) is 35.1. The summed E-state index contributed by atoms with van der Waals surface area (Å²) in [7, 11) is 7.65. The van der Waals surface area contributed by atoms with Gasteiger partial charge in [-0.1, -0.05) is 19.1 Å². The summed E-state index contributed by atoms with van der Waals surface area (Å²) < 4.78 is 64.7. The zero-order valence-corrected chi connectivity index (χ0v) is 44.2. The third-order valence-electron chi connectivity index (χ3n) is 16.7. The number of phenolic OH excluding ortho intramolecular Hbond substituents is 3. The number of aromatic hydroxyl groups is 3. The predicted octanol–water partition coefficient (Wildman–Crippen LogP) is 4.82. The molecule has 6 N–H and O–H groups in total. The third-order valence-corrected chi connectivity index (χ3v) is 16.7. The number of ether oxygens (including phenoxy) is 10. The van der Waals surface area contributed by atoms with Crippen LogP contribution in [0.2, 0.25) is 0 Å². The second-order valence-electron chi connectivity index (χ2n) is 22.1. The van der Waals surface area contributed by atoms with Gasteiger partial charge in [-0.05, 0) is 94.6 Å². The second kappa shape index (κ2) is 22.1. The first-order valence-corrected chi connectivity index (χ1v) is 26.6. The highest BCUT2D eigenvalue weighted by Gasteiger charge is 2.55. The molecule has 5 heterocycles. The van der Waals surface area contributed by atoms with E-state index < -0.39 is 132 Å². The van der Waals surface area contributed by atoms with Gasteiger partial charge in [0, 0.05) is 67.3 Å². The molecule has 5 fully saturated rings. The molecule has 2 aromatic carbocycles. The van der Waals surface area contributed by atoms with Gasteiger partial charge in [-0.3, -0.25) is 9.59 Å². The van der Waals surface area contributed by atoms with Crippen molar-refractivity contribution in [3.05, 3.63) is 51.6 Å². The van der Waals surface area contributed by atoms with Crippen molar-refractivity contribution in [3.63, 3.8) is 0 Å². The topological polar surface area (TPSA) is 254 Å². The lowest BCUT2D eigenvalue weighted by Gasteiger charge is -2.50. The maximum absolute atomic E-state index is 14.4. The lowest BCUT2D eigenvalue weighted by molar-refractivity contribution is -0.322. The minimum absolute atomic E-state index is 0.0470. The van der Waals surface area contributed by atoms with E-state index in [9.17, 15) is 40.2 Å². The Labute approximate surface area is 433 Å². The number of likely N-dealkylation sites (N-methyl/N-ethyl adjacent to an activating group) is 2. The van der Waals surface area contributed by atoms with Crippen LogP contribution in [0.5, 0.6) is 17.2 Å². The molecule has 0 spiro atoms. The molecule has 2 aliphatic carbocycles. The molecule has 9 rings (SSSR count). The van der Waals surface area contributed by atoms with Gasteiger partial charge >= 0.3 is 0 Å². The molecule has 2 aromatic rings. The summed E-state index contributed by atoms with van der Waals surface area (Å²) in [5, 5.41) is 69.4. The number of fused-ring (bicyclic) bond motifs is 3. The van der Waals surface area contributed by atoms with Crippen LogP contribution in [0.3, 0.4) is 0 Å². The van der Waals surface area contributed by atoms with E-state index in [0.717, 1.165) is 0 Å². The summed E-state index contributed by atoms with van der Waals surface area (Å²) in [5.41, 5.74) is -3.54. The molecule has 20 atom stereocenters. The van der Waals surface area contributed by atoms with E-state index in [-0.39, 0.29) is 78.3 Å². The average Bonchev–Trinajstić information content (AvgIpc) is 3.34. The monoisotopic (exact) mass is 1040 g/mol. The van der Waals surface area contributed by atoms with Crippen molar-refractivity contribution in [3.8, 4) is 17.2 Å². The second-order valence-corrected chi connectivity index (χ2v) is 22.1. The van der Waals surface area contributed by atoms with Crippen LogP contribution in [0.15, 0.2) is 18.2 Å². The number of ketones is 2. The highest BCUT2D eigenvalue weighted by Crippen LogP contribution is 2.58. The predicted molar refractivity (Wildman–Crippen MR) is 262 cm³/mol. The lowest BCUT2D eigenvalue weighted by atomic mass is 9.70. The lowest BCUT2D eigenvalue weighted by Crippen LogP contribution is -2.57. The smallest absolute Gasteiger partial charge is 0.202 e. The maximum atomic E-state index is 14.4. The van der Waals surface area contributed by atoms with E-state index in [4.69, 9.17) is 47.4 Å². The van der Waals surface area contributed by atoms with E-state index in [1.54, 1.807) is 13.8 Å². The molecule has 74 heavy (non-hydrogen) atoms. The molecule has 20 heteroatoms. The molecule has 7 aliphatic rings. The van der Waals surface area contributed by atoms with Gasteiger partial charge in [0.05, 0.1) is 77.2 Å². The summed E-state index contributed by atoms with van der Waals surface area (Å²) in [6.07, 6.45) is -7.10. The van der Waals surface area contributed by atoms with Crippen molar-refractivity contribution < 1.29 is 87.6 Å². The van der Waals surface area contributed by atoms with Gasteiger partial charge in [-0.25, -0.2) is 0 Å². The molecule has 412 valence electrons. The Balaban J connectivity index is 0.993. The highest BCUT2D eigenvalue weighted by molar-refractivity contribution is 6.31. The Kier molecular flexibility index (Phi) is 16.6. The molecule has 0 aromatic heterocycles. The summed E-state index contributed by atoms with van der Waals surface area (Å²) in [6.45, 7) is 11.0. The van der Waals surface area contributed by atoms with Crippen LogP contribution in [0.4, 0.5) is 0 Å². The normalized spacial score (nSPS) is 40.7. The first-order valence-electron chi connectivity index (χ1n) is 26.6. The van der Waals surface area contributed by atoms with E-state index in [1.165, 1.54) is 18.2 Å². The molecule has 5 saturated heterocycles. The van der Waals surface area contributed by atoms with Crippen molar-refractivity contribution in [1.82, 2.24) is 9.80 Å². The zero-order valence-electron chi connectivity index (χ0n) is 44.2. The molecule has 0 saturated carbocycles. The number of aliphatic hydroxyl groups excluding tert-OH is 2. The van der Waals surface area contributed by atoms with Crippen molar-refractivity contribution in [2.45, 2.75) is 228 Å². The number of carbonyl (C=O) groups is 2. The minimum atomic E-state index is -1.83. The van der Waals surface area contributed by atoms with Crippen LogP contribution in [0.25, 0.3) is 0 Å². The van der Waals surface area contributed by atoms with Crippen LogP contribution < -0.4 is 0 Å². The van der Waals surface area contributed by atoms with Crippen molar-refractivity contribution in [2.75, 3.05) is 28.2 Å². The standard InChI is InChI=1S/C54H78N2O18/c1-11-54(64)23-36(71-40-21-30(55(7)8)51(27(5)68-40)72-38-19-16-33(58)25(3)66-38)43-46(50(63)44-45(49(43)62)48(61)42-29(47(44)60)13-12-14-34(42)59)53(54)74-41-22-31(56(9)10)52(28(6)69-41)73-39-20-17-35(26(4)67-39)70-37-18-15-32(57)24(2)65-37/h12-14,24-28,30-33,35-41,51-53,57-59,62-64H,11,15-23H2,1-10H3/t24-,25-,26-,27-,28-,30-,31-,32-,33-,35-,36-,37-,38-,39-,40-,41-,51+,52+,53+,54+/m0/s1. The maximum Gasteiger partial charge on any atom is 0.202 e. The average molecular weight is 1040 g/mol. The Morgan fingerprint density at radius 3 is 1.59 bits per heavy atom. The third kappa shape index (κ3) is 10.6. The van der Waals surface area contributed by atoms with Gasteiger partial charge in [0.2, 0.25) is 5.78 Å². The van der Waals surface area contributed by atoms with Crippen molar-refractivity contribution >= 4 is 11.6 Å². The quantitative estimate of drug-likeness (QED) is 0.126. The number of carbonyl (C=O) groups excluding carboxylic acids is 2. The number of aliphatic hydroxyl groups is 3. The van der Waals surface area contributed by atoms with E-state index in [1.807, 2.05) is 65.7 Å². The Bertz CT molecular complexity index is 2350. The summed E-state index contributed by atoms with van der Waals surface area (Å²) in [5.74, 6) is -3.51. The number of benzene rings is 2. The van der Waals surface area contributed by atoms with Crippen LogP contribution >= 0.6 is 0 Å². The number of nitrogens with zero attached hydrogens (tertiary/aromatic N) is 2. The fourth-order valence-corrected chi connectivity index (χ4v) is 12.3. The minimum Gasteiger partial charge on any atom is -0.507 e. The highest BCUT2D eigenvalue weighted by atomic mass is 16.7. The number of hydrogen-bond acceptors (Lipinski definition) is 20.